The van der Waals surface area contributed by atoms with E-state index in [9.17, 15) is 0 Å². The standard InChI is InChI=1S/C15H14Cl2N2S/c1-10(2)20-15(11-4-3-7-18-9-11)19-14-6-5-12(16)8-13(14)17/h3-10H,1-2H3. The Labute approximate surface area is 133 Å². The minimum atomic E-state index is 0.417. The molecule has 0 amide bonds. The average molecular weight is 325 g/mol. The molecule has 0 saturated heterocycles. The van der Waals surface area contributed by atoms with E-state index in [1.807, 2.05) is 18.2 Å². The van der Waals surface area contributed by atoms with E-state index in [1.165, 1.54) is 0 Å². The summed E-state index contributed by atoms with van der Waals surface area (Å²) in [4.78, 5) is 8.80. The van der Waals surface area contributed by atoms with Crippen molar-refractivity contribution >= 4 is 45.7 Å². The van der Waals surface area contributed by atoms with Gasteiger partial charge < -0.3 is 0 Å². The van der Waals surface area contributed by atoms with Crippen LogP contribution in [0.4, 0.5) is 5.69 Å². The number of rotatable bonds is 3. The molecule has 0 fully saturated rings. The van der Waals surface area contributed by atoms with Crippen molar-refractivity contribution in [3.05, 3.63) is 58.3 Å². The summed E-state index contributed by atoms with van der Waals surface area (Å²) < 4.78 is 0. The van der Waals surface area contributed by atoms with Gasteiger partial charge in [0.15, 0.2) is 0 Å². The van der Waals surface area contributed by atoms with Crippen LogP contribution in [0.1, 0.15) is 19.4 Å². The number of hydrogen-bond donors (Lipinski definition) is 0. The first-order valence-electron chi connectivity index (χ1n) is 6.17. The van der Waals surface area contributed by atoms with Gasteiger partial charge in [0.1, 0.15) is 5.04 Å². The number of aromatic nitrogens is 1. The first kappa shape index (κ1) is 15.4. The number of aliphatic imine (C=N–C) groups is 1. The van der Waals surface area contributed by atoms with E-state index in [0.717, 1.165) is 10.6 Å². The predicted octanol–water partition coefficient (Wildman–Crippen LogP) is 5.61. The van der Waals surface area contributed by atoms with Crippen molar-refractivity contribution in [2.45, 2.75) is 19.1 Å². The SMILES string of the molecule is CC(C)SC(=Nc1ccc(Cl)cc1Cl)c1cccnc1. The molecule has 0 aliphatic rings. The summed E-state index contributed by atoms with van der Waals surface area (Å²) in [6, 6.07) is 9.19. The van der Waals surface area contributed by atoms with Crippen LogP contribution in [0.15, 0.2) is 47.7 Å². The van der Waals surface area contributed by atoms with Crippen LogP contribution in [-0.2, 0) is 0 Å². The van der Waals surface area contributed by atoms with Gasteiger partial charge in [-0.3, -0.25) is 4.98 Å². The second-order valence-electron chi connectivity index (χ2n) is 4.42. The highest BCUT2D eigenvalue weighted by Gasteiger charge is 2.09. The maximum Gasteiger partial charge on any atom is 0.106 e. The van der Waals surface area contributed by atoms with Gasteiger partial charge in [0, 0.05) is 28.2 Å². The molecule has 0 N–H and O–H groups in total. The molecule has 1 heterocycles. The third-order valence-electron chi connectivity index (χ3n) is 2.39. The number of pyridine rings is 1. The monoisotopic (exact) mass is 324 g/mol. The molecule has 0 unspecified atom stereocenters. The van der Waals surface area contributed by atoms with Gasteiger partial charge in [-0.1, -0.05) is 37.0 Å². The lowest BCUT2D eigenvalue weighted by molar-refractivity contribution is 1.12. The van der Waals surface area contributed by atoms with Crippen LogP contribution in [0.3, 0.4) is 0 Å². The number of halogens is 2. The van der Waals surface area contributed by atoms with Crippen LogP contribution in [0, 0.1) is 0 Å². The Hall–Kier alpha value is -1.03. The van der Waals surface area contributed by atoms with Gasteiger partial charge in [0.2, 0.25) is 0 Å². The highest BCUT2D eigenvalue weighted by atomic mass is 35.5. The van der Waals surface area contributed by atoms with E-state index >= 15 is 0 Å². The lowest BCUT2D eigenvalue weighted by Gasteiger charge is -2.09. The molecule has 0 saturated carbocycles. The van der Waals surface area contributed by atoms with Crippen LogP contribution < -0.4 is 0 Å². The molecule has 20 heavy (non-hydrogen) atoms. The second-order valence-corrected chi connectivity index (χ2v) is 6.83. The van der Waals surface area contributed by atoms with Crippen molar-refractivity contribution in [2.24, 2.45) is 4.99 Å². The van der Waals surface area contributed by atoms with Crippen molar-refractivity contribution in [1.29, 1.82) is 0 Å². The van der Waals surface area contributed by atoms with E-state index in [2.05, 4.69) is 23.8 Å². The molecule has 0 radical (unpaired) electrons. The van der Waals surface area contributed by atoms with Crippen LogP contribution in [-0.4, -0.2) is 15.3 Å². The van der Waals surface area contributed by atoms with Crippen LogP contribution in [0.5, 0.6) is 0 Å². The molecule has 1 aromatic heterocycles. The highest BCUT2D eigenvalue weighted by molar-refractivity contribution is 8.14. The van der Waals surface area contributed by atoms with Gasteiger partial charge in [-0.25, -0.2) is 4.99 Å². The summed E-state index contributed by atoms with van der Waals surface area (Å²) >= 11 is 13.8. The first-order valence-corrected chi connectivity index (χ1v) is 7.80. The number of nitrogens with zero attached hydrogens (tertiary/aromatic N) is 2. The van der Waals surface area contributed by atoms with Crippen LogP contribution in [0.2, 0.25) is 10.0 Å². The van der Waals surface area contributed by atoms with Gasteiger partial charge in [0.05, 0.1) is 10.7 Å². The Bertz CT molecular complexity index is 613. The van der Waals surface area contributed by atoms with E-state index in [-0.39, 0.29) is 0 Å². The van der Waals surface area contributed by atoms with Crippen LogP contribution in [0.25, 0.3) is 0 Å². The fraction of sp³-hybridized carbons (Fsp3) is 0.200. The van der Waals surface area contributed by atoms with Gasteiger partial charge in [-0.05, 0) is 30.3 Å². The topological polar surface area (TPSA) is 25.2 Å². The van der Waals surface area contributed by atoms with E-state index in [4.69, 9.17) is 23.2 Å². The van der Waals surface area contributed by atoms with Gasteiger partial charge in [-0.15, -0.1) is 11.8 Å². The molecule has 0 atom stereocenters. The van der Waals surface area contributed by atoms with Crippen molar-refractivity contribution < 1.29 is 0 Å². The molecule has 0 aliphatic heterocycles. The lowest BCUT2D eigenvalue weighted by Crippen LogP contribution is -2.01. The van der Waals surface area contributed by atoms with Gasteiger partial charge in [-0.2, -0.15) is 0 Å². The smallest absolute Gasteiger partial charge is 0.106 e. The van der Waals surface area contributed by atoms with Gasteiger partial charge >= 0.3 is 0 Å². The van der Waals surface area contributed by atoms with Crippen molar-refractivity contribution in [1.82, 2.24) is 4.98 Å². The van der Waals surface area contributed by atoms with Gasteiger partial charge in [0.25, 0.3) is 0 Å². The maximum atomic E-state index is 6.18. The Morgan fingerprint density at radius 3 is 2.65 bits per heavy atom. The maximum absolute atomic E-state index is 6.18. The summed E-state index contributed by atoms with van der Waals surface area (Å²) in [5, 5.41) is 2.47. The zero-order valence-corrected chi connectivity index (χ0v) is 13.5. The molecule has 104 valence electrons. The summed E-state index contributed by atoms with van der Waals surface area (Å²) in [5.41, 5.74) is 1.69. The number of hydrogen-bond acceptors (Lipinski definition) is 3. The molecule has 0 aliphatic carbocycles. The van der Waals surface area contributed by atoms with Crippen molar-refractivity contribution in [2.75, 3.05) is 0 Å². The Kier molecular flexibility index (Phi) is 5.46. The third kappa shape index (κ3) is 4.23. The average Bonchev–Trinajstić information content (AvgIpc) is 2.41. The third-order valence-corrected chi connectivity index (χ3v) is 3.95. The predicted molar refractivity (Wildman–Crippen MR) is 89.6 cm³/mol. The Balaban J connectivity index is 2.43. The first-order chi connectivity index (χ1) is 9.56. The minimum absolute atomic E-state index is 0.417. The minimum Gasteiger partial charge on any atom is -0.264 e. The highest BCUT2D eigenvalue weighted by Crippen LogP contribution is 2.30. The molecule has 0 spiro atoms. The summed E-state index contributed by atoms with van der Waals surface area (Å²) in [6.45, 7) is 4.25. The van der Waals surface area contributed by atoms with Crippen LogP contribution >= 0.6 is 35.0 Å². The van der Waals surface area contributed by atoms with E-state index in [1.54, 1.807) is 36.3 Å². The zero-order chi connectivity index (χ0) is 14.5. The molecule has 5 heteroatoms. The fourth-order valence-electron chi connectivity index (χ4n) is 1.55. The zero-order valence-electron chi connectivity index (χ0n) is 11.2. The molecular formula is C15H14Cl2N2S. The van der Waals surface area contributed by atoms with Crippen molar-refractivity contribution in [3.63, 3.8) is 0 Å². The van der Waals surface area contributed by atoms with E-state index in [0.29, 0.717) is 21.0 Å². The van der Waals surface area contributed by atoms with E-state index < -0.39 is 0 Å². The molecule has 2 nitrogen and oxygen atoms in total. The molecule has 0 bridgehead atoms. The Morgan fingerprint density at radius 1 is 1.25 bits per heavy atom. The molecular weight excluding hydrogens is 311 g/mol. The lowest BCUT2D eigenvalue weighted by atomic mass is 10.3. The summed E-state index contributed by atoms with van der Waals surface area (Å²) in [5.74, 6) is 0. The summed E-state index contributed by atoms with van der Waals surface area (Å²) in [7, 11) is 0. The van der Waals surface area contributed by atoms with Crippen molar-refractivity contribution in [3.8, 4) is 0 Å². The number of thioether (sulfide) groups is 1. The fourth-order valence-corrected chi connectivity index (χ4v) is 2.86. The summed E-state index contributed by atoms with van der Waals surface area (Å²) in [6.07, 6.45) is 3.55. The quantitative estimate of drug-likeness (QED) is 0.541. The second kappa shape index (κ2) is 7.11. The Morgan fingerprint density at radius 2 is 2.05 bits per heavy atom. The largest absolute Gasteiger partial charge is 0.264 e. The normalized spacial score (nSPS) is 11.9. The molecule has 2 rings (SSSR count). The molecule has 2 aromatic rings. The molecule has 1 aromatic carbocycles. The number of benzene rings is 1.